The Morgan fingerprint density at radius 1 is 0.843 bits per heavy atom. The van der Waals surface area contributed by atoms with Crippen LogP contribution in [0.2, 0.25) is 0 Å². The normalized spacial score (nSPS) is 15.0. The summed E-state index contributed by atoms with van der Waals surface area (Å²) < 4.78 is 0. The van der Waals surface area contributed by atoms with E-state index in [0.29, 0.717) is 55.7 Å². The first-order chi connectivity index (χ1) is 24.1. The van der Waals surface area contributed by atoms with Crippen molar-refractivity contribution >= 4 is 29.5 Å². The molecule has 2 aromatic rings. The summed E-state index contributed by atoms with van der Waals surface area (Å²) in [6, 6.07) is 3.46. The van der Waals surface area contributed by atoms with Gasteiger partial charge in [-0.05, 0) is 74.1 Å². The van der Waals surface area contributed by atoms with Crippen molar-refractivity contribution in [1.82, 2.24) is 52.1 Å². The summed E-state index contributed by atoms with van der Waals surface area (Å²) in [4.78, 5) is 68.5. The minimum atomic E-state index is -0.892. The molecule has 51 heavy (non-hydrogen) atoms. The maximum absolute atomic E-state index is 13.8. The van der Waals surface area contributed by atoms with E-state index in [-0.39, 0.29) is 41.5 Å². The number of carbonyl (C=O) groups excluding carboxylic acids is 5. The van der Waals surface area contributed by atoms with Crippen LogP contribution >= 0.6 is 0 Å². The molecular weight excluding hydrogens is 652 g/mol. The third-order valence-corrected chi connectivity index (χ3v) is 8.99. The molecule has 6 atom stereocenters. The summed E-state index contributed by atoms with van der Waals surface area (Å²) in [5, 5.41) is 28.3. The summed E-state index contributed by atoms with van der Waals surface area (Å²) in [7, 11) is 1.81. The first-order valence-electron chi connectivity index (χ1n) is 18.2. The largest absolute Gasteiger partial charge is 0.355 e. The third kappa shape index (κ3) is 13.3. The molecule has 2 rings (SSSR count). The van der Waals surface area contributed by atoms with Crippen LogP contribution in [-0.2, 0) is 19.2 Å². The molecule has 5 amide bonds. The molecule has 1 aromatic heterocycles. The Labute approximate surface area is 302 Å². The van der Waals surface area contributed by atoms with Crippen molar-refractivity contribution in [1.29, 1.82) is 0 Å². The molecule has 0 saturated carbocycles. The number of nitrogens with one attached hydrogen (secondary N) is 6. The number of aromatic nitrogens is 4. The van der Waals surface area contributed by atoms with Gasteiger partial charge in [0.05, 0.1) is 6.04 Å². The highest BCUT2D eigenvalue weighted by molar-refractivity contribution is 5.99. The fraction of sp³-hybridized carbons (Fsp3) is 0.667. The van der Waals surface area contributed by atoms with E-state index in [1.54, 1.807) is 31.2 Å². The van der Waals surface area contributed by atoms with Gasteiger partial charge in [0, 0.05) is 30.3 Å². The molecule has 284 valence electrons. The predicted octanol–water partition coefficient (Wildman–Crippen LogP) is 2.42. The van der Waals surface area contributed by atoms with E-state index in [1.807, 2.05) is 53.5 Å². The van der Waals surface area contributed by atoms with Crippen LogP contribution in [0.3, 0.4) is 0 Å². The first kappa shape index (κ1) is 42.8. The van der Waals surface area contributed by atoms with Gasteiger partial charge in [-0.1, -0.05) is 73.4 Å². The van der Waals surface area contributed by atoms with Crippen molar-refractivity contribution in [3.05, 3.63) is 29.8 Å². The third-order valence-electron chi connectivity index (χ3n) is 8.99. The number of carbonyl (C=O) groups is 5. The Morgan fingerprint density at radius 2 is 1.55 bits per heavy atom. The Hall–Kier alpha value is -4.40. The van der Waals surface area contributed by atoms with Gasteiger partial charge in [-0.2, -0.15) is 0 Å². The number of hydrogen-bond acceptors (Lipinski definition) is 9. The van der Waals surface area contributed by atoms with Crippen LogP contribution in [0.1, 0.15) is 98.4 Å². The van der Waals surface area contributed by atoms with Gasteiger partial charge in [-0.15, -0.1) is 5.10 Å². The lowest BCUT2D eigenvalue weighted by Crippen LogP contribution is -2.58. The van der Waals surface area contributed by atoms with Gasteiger partial charge in [0.25, 0.3) is 5.91 Å². The molecular formula is C36H60N10O5. The maximum atomic E-state index is 13.8. The summed E-state index contributed by atoms with van der Waals surface area (Å²) in [6.07, 6.45) is 2.28. The number of H-pyrrole nitrogens is 1. The average Bonchev–Trinajstić information content (AvgIpc) is 3.63. The Kier molecular flexibility index (Phi) is 17.7. The fourth-order valence-electron chi connectivity index (χ4n) is 5.68. The topological polar surface area (TPSA) is 203 Å². The van der Waals surface area contributed by atoms with Crippen LogP contribution in [-0.4, -0.2) is 105 Å². The molecule has 6 N–H and O–H groups in total. The van der Waals surface area contributed by atoms with E-state index >= 15 is 0 Å². The molecule has 1 aromatic carbocycles. The van der Waals surface area contributed by atoms with Crippen LogP contribution in [0.15, 0.2) is 24.3 Å². The molecule has 0 unspecified atom stereocenters. The highest BCUT2D eigenvalue weighted by Gasteiger charge is 2.32. The van der Waals surface area contributed by atoms with Crippen molar-refractivity contribution in [2.24, 2.45) is 17.8 Å². The SMILES string of the molecule is CCC[C@H](NC(=O)[C@@H](NC(=O)c1cccc(-c2nnn[nH]2)c1)[C@@H](C)CC)C(=O)N[C@@H](CC(C)C)CN(C)[C@@H](C)C(=O)N[C@H](C(=O)NCC)C(C)C. The number of aromatic amines is 1. The second-order valence-corrected chi connectivity index (χ2v) is 14.1. The lowest BCUT2D eigenvalue weighted by molar-refractivity contribution is -0.132. The quantitative estimate of drug-likeness (QED) is 0.112. The van der Waals surface area contributed by atoms with Gasteiger partial charge in [-0.3, -0.25) is 28.9 Å². The highest BCUT2D eigenvalue weighted by atomic mass is 16.2. The van der Waals surface area contributed by atoms with Gasteiger partial charge >= 0.3 is 0 Å². The van der Waals surface area contributed by atoms with E-state index in [0.717, 1.165) is 0 Å². The summed E-state index contributed by atoms with van der Waals surface area (Å²) >= 11 is 0. The van der Waals surface area contributed by atoms with Gasteiger partial charge in [-0.25, -0.2) is 5.10 Å². The monoisotopic (exact) mass is 712 g/mol. The minimum Gasteiger partial charge on any atom is -0.355 e. The van der Waals surface area contributed by atoms with Crippen LogP contribution in [0.5, 0.6) is 0 Å². The molecule has 0 fully saturated rings. The molecule has 15 heteroatoms. The number of benzene rings is 1. The van der Waals surface area contributed by atoms with Crippen molar-refractivity contribution in [3.8, 4) is 11.4 Å². The Balaban J connectivity index is 2.17. The number of tetrazole rings is 1. The van der Waals surface area contributed by atoms with Gasteiger partial charge < -0.3 is 26.6 Å². The van der Waals surface area contributed by atoms with Gasteiger partial charge in [0.2, 0.25) is 23.6 Å². The molecule has 0 bridgehead atoms. The van der Waals surface area contributed by atoms with Crippen molar-refractivity contribution in [2.75, 3.05) is 20.1 Å². The molecule has 0 radical (unpaired) electrons. The number of likely N-dealkylation sites (N-methyl/N-ethyl adjacent to an activating group) is 2. The van der Waals surface area contributed by atoms with Crippen LogP contribution in [0.25, 0.3) is 11.4 Å². The maximum Gasteiger partial charge on any atom is 0.251 e. The zero-order valence-electron chi connectivity index (χ0n) is 32.0. The summed E-state index contributed by atoms with van der Waals surface area (Å²) in [5.41, 5.74) is 0.952. The molecule has 0 aliphatic rings. The first-order valence-corrected chi connectivity index (χ1v) is 18.2. The zero-order valence-corrected chi connectivity index (χ0v) is 32.0. The second kappa shape index (κ2) is 21.1. The predicted molar refractivity (Wildman–Crippen MR) is 196 cm³/mol. The number of rotatable bonds is 21. The average molecular weight is 713 g/mol. The van der Waals surface area contributed by atoms with Gasteiger partial charge in [0.1, 0.15) is 18.1 Å². The Morgan fingerprint density at radius 3 is 2.12 bits per heavy atom. The van der Waals surface area contributed by atoms with E-state index in [4.69, 9.17) is 0 Å². The standard InChI is InChI=1S/C36H60N10O5/c1-11-15-28(39-36(51)30(23(8)12-2)41-33(48)26-17-14-16-25(19-26)31-42-44-45-43-31)34(49)38-27(18-21(4)5)20-46(10)24(9)32(47)40-29(22(6)7)35(50)37-13-3/h14,16-17,19,21-24,27-30H,11-13,15,18,20H2,1-10H3,(H,37,50)(H,38,49)(H,39,51)(H,40,47)(H,41,48)(H,42,43,44,45)/t23-,24-,27-,28-,29-,30-/m0/s1. The van der Waals surface area contributed by atoms with Crippen LogP contribution in [0, 0.1) is 17.8 Å². The van der Waals surface area contributed by atoms with Crippen molar-refractivity contribution in [3.63, 3.8) is 0 Å². The van der Waals surface area contributed by atoms with Gasteiger partial charge in [0.15, 0.2) is 5.82 Å². The highest BCUT2D eigenvalue weighted by Crippen LogP contribution is 2.17. The molecule has 0 saturated heterocycles. The number of amides is 5. The smallest absolute Gasteiger partial charge is 0.251 e. The van der Waals surface area contributed by atoms with Crippen LogP contribution < -0.4 is 26.6 Å². The summed E-state index contributed by atoms with van der Waals surface area (Å²) in [6.45, 7) is 18.0. The van der Waals surface area contributed by atoms with E-state index in [1.165, 1.54) is 0 Å². The van der Waals surface area contributed by atoms with E-state index in [9.17, 15) is 24.0 Å². The Bertz CT molecular complexity index is 1420. The van der Waals surface area contributed by atoms with E-state index < -0.39 is 36.0 Å². The van der Waals surface area contributed by atoms with E-state index in [2.05, 4.69) is 61.1 Å². The minimum absolute atomic E-state index is 0.0982. The van der Waals surface area contributed by atoms with Crippen molar-refractivity contribution < 1.29 is 24.0 Å². The fourth-order valence-corrected chi connectivity index (χ4v) is 5.68. The van der Waals surface area contributed by atoms with Crippen molar-refractivity contribution in [2.45, 2.75) is 118 Å². The summed E-state index contributed by atoms with van der Waals surface area (Å²) in [5.74, 6) is -1.41. The lowest BCUT2D eigenvalue weighted by atomic mass is 9.96. The second-order valence-electron chi connectivity index (χ2n) is 14.1. The molecule has 0 aliphatic heterocycles. The van der Waals surface area contributed by atoms with Crippen LogP contribution in [0.4, 0.5) is 0 Å². The number of hydrogen-bond donors (Lipinski definition) is 6. The molecule has 0 spiro atoms. The molecule has 0 aliphatic carbocycles. The molecule has 1 heterocycles. The number of nitrogens with zero attached hydrogens (tertiary/aromatic N) is 4. The zero-order chi connectivity index (χ0) is 38.2. The lowest BCUT2D eigenvalue weighted by Gasteiger charge is -2.32. The molecule has 15 nitrogen and oxygen atoms in total.